The number of rotatable bonds is 9. The van der Waals surface area contributed by atoms with Crippen molar-refractivity contribution in [2.75, 3.05) is 55.6 Å². The van der Waals surface area contributed by atoms with Gasteiger partial charge in [0.05, 0.1) is 12.1 Å². The summed E-state index contributed by atoms with van der Waals surface area (Å²) in [6, 6.07) is 21.1. The number of carbonyl (C=O) groups excluding carboxylic acids is 3. The summed E-state index contributed by atoms with van der Waals surface area (Å²) < 4.78 is 6.68. The second-order valence-electron chi connectivity index (χ2n) is 18.8. The number of hydrogen-bond donors (Lipinski definition) is 2. The molecule has 5 aliphatic rings. The van der Waals surface area contributed by atoms with Gasteiger partial charge in [0.25, 0.3) is 11.8 Å². The molecule has 0 spiro atoms. The Morgan fingerprint density at radius 1 is 0.918 bits per heavy atom. The SMILES string of the molecule is [C-]#[N+]c1ccc(OC2C(C)(C)C(NC(=O)c3ccc(N4CCC(CN5CCN(c6ccc7c(c6)CN([C@H]6CCC(=C)NC6=O)C7=O)CC5)CC4)cc3)C2(C)C)c2cccnc12. The van der Waals surface area contributed by atoms with Crippen LogP contribution in [0.2, 0.25) is 0 Å². The van der Waals surface area contributed by atoms with Crippen LogP contribution in [0.1, 0.15) is 79.7 Å². The molecule has 2 N–H and O–H groups in total. The second kappa shape index (κ2) is 15.8. The molecule has 1 aliphatic carbocycles. The number of piperazine rings is 1. The highest BCUT2D eigenvalue weighted by molar-refractivity contribution is 6.02. The second-order valence-corrected chi connectivity index (χ2v) is 18.8. The number of nitrogens with zero attached hydrogens (tertiary/aromatic N) is 6. The molecule has 1 aromatic heterocycles. The van der Waals surface area contributed by atoms with Crippen LogP contribution < -0.4 is 25.2 Å². The maximum Gasteiger partial charge on any atom is 0.255 e. The topological polar surface area (TPSA) is 115 Å². The van der Waals surface area contributed by atoms with E-state index in [1.807, 2.05) is 36.4 Å². The molecule has 0 unspecified atom stereocenters. The lowest BCUT2D eigenvalue weighted by Crippen LogP contribution is -2.74. The van der Waals surface area contributed by atoms with Crippen LogP contribution >= 0.6 is 0 Å². The van der Waals surface area contributed by atoms with Crippen LogP contribution in [0, 0.1) is 23.3 Å². The van der Waals surface area contributed by atoms with E-state index in [1.54, 1.807) is 17.2 Å². The van der Waals surface area contributed by atoms with E-state index < -0.39 is 6.04 Å². The van der Waals surface area contributed by atoms with Gasteiger partial charge in [-0.2, -0.15) is 0 Å². The van der Waals surface area contributed by atoms with Gasteiger partial charge in [0.15, 0.2) is 0 Å². The lowest BCUT2D eigenvalue weighted by Gasteiger charge is -2.63. The number of hydrogen-bond acceptors (Lipinski definition) is 8. The molecule has 316 valence electrons. The number of piperidine rings is 2. The van der Waals surface area contributed by atoms with Crippen LogP contribution in [0.25, 0.3) is 15.7 Å². The number of anilines is 2. The first kappa shape index (κ1) is 40.5. The van der Waals surface area contributed by atoms with Gasteiger partial charge < -0.3 is 30.1 Å². The minimum absolute atomic E-state index is 0.0564. The Balaban J connectivity index is 0.733. The predicted molar refractivity (Wildman–Crippen MR) is 238 cm³/mol. The monoisotopic (exact) mass is 820 g/mol. The number of nitrogens with one attached hydrogen (secondary N) is 2. The van der Waals surface area contributed by atoms with Crippen LogP contribution in [0.5, 0.6) is 5.75 Å². The fourth-order valence-corrected chi connectivity index (χ4v) is 11.1. The van der Waals surface area contributed by atoms with E-state index in [4.69, 9.17) is 11.3 Å². The van der Waals surface area contributed by atoms with E-state index in [0.29, 0.717) is 53.4 Å². The number of benzene rings is 3. The van der Waals surface area contributed by atoms with E-state index >= 15 is 0 Å². The minimum atomic E-state index is -0.442. The van der Waals surface area contributed by atoms with E-state index in [0.717, 1.165) is 86.7 Å². The molecule has 0 bridgehead atoms. The van der Waals surface area contributed by atoms with Crippen molar-refractivity contribution in [2.45, 2.75) is 78.1 Å². The third-order valence-corrected chi connectivity index (χ3v) is 14.2. The van der Waals surface area contributed by atoms with Gasteiger partial charge in [0, 0.05) is 109 Å². The first-order chi connectivity index (χ1) is 29.3. The highest BCUT2D eigenvalue weighted by Gasteiger charge is 2.64. The minimum Gasteiger partial charge on any atom is -0.489 e. The zero-order valence-electron chi connectivity index (χ0n) is 35.7. The standard InChI is InChI=1S/C49H56N8O4/c1-31-9-17-40(44(59)52-31)57-30-34-28-36(14-15-37(34)45(57)60)56-26-24-54(25-27-56)29-32-19-22-55(23-20-32)35-12-10-33(11-13-35)43(58)53-46-48(2,3)47(49(46,4)5)61-41-18-16-39(50-6)42-38(41)8-7-21-51-42/h7-8,10-16,18,21,28,32,40,46-47H,1,9,17,19-20,22-27,29-30H2,2-5H3,(H,52,59)(H,53,58)/t40-,46?,47?/m0/s1. The van der Waals surface area contributed by atoms with Crippen molar-refractivity contribution in [2.24, 2.45) is 16.7 Å². The molecule has 5 heterocycles. The Morgan fingerprint density at radius 2 is 1.62 bits per heavy atom. The summed E-state index contributed by atoms with van der Waals surface area (Å²) in [4.78, 5) is 56.8. The average Bonchev–Trinajstić information content (AvgIpc) is 3.59. The lowest BCUT2D eigenvalue weighted by atomic mass is 9.49. The van der Waals surface area contributed by atoms with Crippen molar-refractivity contribution >= 4 is 45.7 Å². The maximum absolute atomic E-state index is 13.7. The van der Waals surface area contributed by atoms with Gasteiger partial charge in [-0.05, 0) is 97.8 Å². The molecule has 1 atom stereocenters. The number of ether oxygens (including phenoxy) is 1. The Hall–Kier alpha value is -5.93. The van der Waals surface area contributed by atoms with E-state index in [2.05, 4.69) is 93.7 Å². The number of fused-ring (bicyclic) bond motifs is 2. The molecule has 9 rings (SSSR count). The summed E-state index contributed by atoms with van der Waals surface area (Å²) in [5.41, 5.74) is 5.84. The summed E-state index contributed by atoms with van der Waals surface area (Å²) >= 11 is 0. The zero-order chi connectivity index (χ0) is 42.6. The fourth-order valence-electron chi connectivity index (χ4n) is 11.1. The van der Waals surface area contributed by atoms with Gasteiger partial charge in [-0.3, -0.25) is 24.3 Å². The van der Waals surface area contributed by atoms with E-state index in [-0.39, 0.29) is 40.7 Å². The molecule has 4 aliphatic heterocycles. The summed E-state index contributed by atoms with van der Waals surface area (Å²) in [5.74, 6) is 1.08. The van der Waals surface area contributed by atoms with Crippen LogP contribution in [-0.4, -0.2) is 96.5 Å². The van der Waals surface area contributed by atoms with Crippen molar-refractivity contribution in [1.29, 1.82) is 0 Å². The summed E-state index contributed by atoms with van der Waals surface area (Å²) in [5, 5.41) is 6.99. The molecule has 3 amide bonds. The Labute approximate surface area is 358 Å². The van der Waals surface area contributed by atoms with Gasteiger partial charge in [-0.1, -0.05) is 40.3 Å². The normalized spacial score (nSPS) is 23.9. The average molecular weight is 821 g/mol. The van der Waals surface area contributed by atoms with Gasteiger partial charge in [-0.15, -0.1) is 0 Å². The van der Waals surface area contributed by atoms with Crippen molar-refractivity contribution in [3.05, 3.63) is 113 Å². The van der Waals surface area contributed by atoms with Crippen molar-refractivity contribution in [3.8, 4) is 5.75 Å². The molecule has 3 saturated heterocycles. The van der Waals surface area contributed by atoms with Crippen molar-refractivity contribution in [1.82, 2.24) is 25.4 Å². The van der Waals surface area contributed by atoms with Gasteiger partial charge >= 0.3 is 0 Å². The molecule has 3 aromatic carbocycles. The van der Waals surface area contributed by atoms with Crippen LogP contribution in [0.15, 0.2) is 85.2 Å². The van der Waals surface area contributed by atoms with Crippen LogP contribution in [0.4, 0.5) is 17.1 Å². The van der Waals surface area contributed by atoms with E-state index in [9.17, 15) is 14.4 Å². The number of amides is 3. The summed E-state index contributed by atoms with van der Waals surface area (Å²) in [6.45, 7) is 27.4. The van der Waals surface area contributed by atoms with E-state index in [1.165, 1.54) is 0 Å². The predicted octanol–water partition coefficient (Wildman–Crippen LogP) is 7.18. The number of carbonyl (C=O) groups is 3. The van der Waals surface area contributed by atoms with Gasteiger partial charge in [0.2, 0.25) is 11.6 Å². The molecule has 0 radical (unpaired) electrons. The summed E-state index contributed by atoms with van der Waals surface area (Å²) in [6.07, 6.45) is 5.11. The van der Waals surface area contributed by atoms with Crippen molar-refractivity contribution < 1.29 is 19.1 Å². The smallest absolute Gasteiger partial charge is 0.255 e. The molecule has 12 nitrogen and oxygen atoms in total. The first-order valence-electron chi connectivity index (χ1n) is 21.8. The maximum atomic E-state index is 13.7. The molecule has 1 saturated carbocycles. The molecule has 4 fully saturated rings. The Kier molecular flexibility index (Phi) is 10.5. The molecule has 4 aromatic rings. The van der Waals surface area contributed by atoms with Crippen molar-refractivity contribution in [3.63, 3.8) is 0 Å². The lowest BCUT2D eigenvalue weighted by molar-refractivity contribution is -0.163. The fraction of sp³-hybridized carbons (Fsp3) is 0.449. The quantitative estimate of drug-likeness (QED) is 0.171. The molecular formula is C49H56N8O4. The number of pyridine rings is 1. The number of aromatic nitrogens is 1. The molecule has 12 heteroatoms. The Bertz CT molecular complexity index is 2410. The largest absolute Gasteiger partial charge is 0.489 e. The zero-order valence-corrected chi connectivity index (χ0v) is 35.7. The van der Waals surface area contributed by atoms with Gasteiger partial charge in [-0.25, -0.2) is 4.85 Å². The highest BCUT2D eigenvalue weighted by atomic mass is 16.5. The van der Waals surface area contributed by atoms with Crippen LogP contribution in [-0.2, 0) is 11.3 Å². The molecular weight excluding hydrogens is 765 g/mol. The highest BCUT2D eigenvalue weighted by Crippen LogP contribution is 2.56. The third-order valence-electron chi connectivity index (χ3n) is 14.2. The van der Waals surface area contributed by atoms with Crippen LogP contribution in [0.3, 0.4) is 0 Å². The number of allylic oxidation sites excluding steroid dienone is 1. The first-order valence-corrected chi connectivity index (χ1v) is 21.8. The molecule has 61 heavy (non-hydrogen) atoms. The summed E-state index contributed by atoms with van der Waals surface area (Å²) in [7, 11) is 0. The third kappa shape index (κ3) is 7.47. The van der Waals surface area contributed by atoms with Gasteiger partial charge in [0.1, 0.15) is 17.9 Å². The Morgan fingerprint density at radius 3 is 2.33 bits per heavy atom.